The van der Waals surface area contributed by atoms with Gasteiger partial charge in [-0.05, 0) is 19.3 Å². The van der Waals surface area contributed by atoms with Crippen LogP contribution in [0.2, 0.25) is 0 Å². The lowest BCUT2D eigenvalue weighted by atomic mass is 9.98. The van der Waals surface area contributed by atoms with Gasteiger partial charge in [0.1, 0.15) is 5.76 Å². The highest BCUT2D eigenvalue weighted by Gasteiger charge is 2.28. The summed E-state index contributed by atoms with van der Waals surface area (Å²) in [5.41, 5.74) is 1.05. The van der Waals surface area contributed by atoms with Crippen molar-refractivity contribution in [1.29, 1.82) is 0 Å². The first kappa shape index (κ1) is 13.6. The third-order valence-corrected chi connectivity index (χ3v) is 3.88. The zero-order chi connectivity index (χ0) is 13.1. The molecule has 2 atom stereocenters. The number of nitrogens with one attached hydrogen (secondary N) is 1. The molecule has 0 radical (unpaired) electrons. The molecule has 1 saturated heterocycles. The largest absolute Gasteiger partial charge is 0.361 e. The second-order valence-electron chi connectivity index (χ2n) is 5.68. The summed E-state index contributed by atoms with van der Waals surface area (Å²) in [5, 5.41) is 7.77. The number of rotatable bonds is 4. The molecule has 18 heavy (non-hydrogen) atoms. The Hall–Kier alpha value is -0.870. The van der Waals surface area contributed by atoms with Crippen molar-refractivity contribution in [3.05, 3.63) is 17.5 Å². The monoisotopic (exact) mass is 251 g/mol. The molecule has 0 bridgehead atoms. The van der Waals surface area contributed by atoms with E-state index in [0.29, 0.717) is 18.0 Å². The fraction of sp³-hybridized carbons (Fsp3) is 0.786. The van der Waals surface area contributed by atoms with E-state index in [1.807, 2.05) is 13.0 Å². The molecule has 1 fully saturated rings. The van der Waals surface area contributed by atoms with Crippen LogP contribution in [0, 0.1) is 12.8 Å². The van der Waals surface area contributed by atoms with Crippen LogP contribution in [0.4, 0.5) is 0 Å². The van der Waals surface area contributed by atoms with Gasteiger partial charge in [0.15, 0.2) is 0 Å². The number of aryl methyl sites for hydroxylation is 1. The maximum absolute atomic E-state index is 5.16. The van der Waals surface area contributed by atoms with Crippen LogP contribution in [0.25, 0.3) is 0 Å². The van der Waals surface area contributed by atoms with Crippen molar-refractivity contribution in [2.24, 2.45) is 5.92 Å². The van der Waals surface area contributed by atoms with E-state index >= 15 is 0 Å². The van der Waals surface area contributed by atoms with E-state index < -0.39 is 0 Å². The smallest absolute Gasteiger partial charge is 0.133 e. The van der Waals surface area contributed by atoms with Crippen LogP contribution in [-0.4, -0.2) is 35.2 Å². The van der Waals surface area contributed by atoms with E-state index in [-0.39, 0.29) is 0 Å². The Balaban J connectivity index is 2.02. The van der Waals surface area contributed by atoms with E-state index in [4.69, 9.17) is 4.52 Å². The lowest BCUT2D eigenvalue weighted by Gasteiger charge is -2.41. The predicted molar refractivity (Wildman–Crippen MR) is 72.4 cm³/mol. The van der Waals surface area contributed by atoms with Gasteiger partial charge in [-0.1, -0.05) is 25.9 Å². The van der Waals surface area contributed by atoms with Gasteiger partial charge in [0.25, 0.3) is 0 Å². The molecule has 1 aromatic rings. The average molecular weight is 251 g/mol. The molecule has 1 N–H and O–H groups in total. The van der Waals surface area contributed by atoms with Crippen LogP contribution in [0.15, 0.2) is 10.6 Å². The normalized spacial score (nSPS) is 25.8. The van der Waals surface area contributed by atoms with Gasteiger partial charge >= 0.3 is 0 Å². The number of hydrogen-bond donors (Lipinski definition) is 1. The molecule has 2 rings (SSSR count). The molecule has 0 aromatic carbocycles. The van der Waals surface area contributed by atoms with Crippen molar-refractivity contribution in [3.8, 4) is 0 Å². The standard InChI is InChI=1S/C14H25N3O/c1-5-13-7-15-14(10(2)3)9-17(13)8-12-6-11(4)18-16-12/h6,10,13-15H,5,7-9H2,1-4H3. The van der Waals surface area contributed by atoms with Crippen LogP contribution in [0.5, 0.6) is 0 Å². The number of aromatic nitrogens is 1. The van der Waals surface area contributed by atoms with E-state index in [2.05, 4.69) is 36.1 Å². The molecular formula is C14H25N3O. The van der Waals surface area contributed by atoms with Crippen LogP contribution in [0.1, 0.15) is 38.6 Å². The predicted octanol–water partition coefficient (Wildman–Crippen LogP) is 2.19. The van der Waals surface area contributed by atoms with E-state index in [9.17, 15) is 0 Å². The minimum atomic E-state index is 0.584. The maximum Gasteiger partial charge on any atom is 0.133 e. The highest BCUT2D eigenvalue weighted by Crippen LogP contribution is 2.17. The highest BCUT2D eigenvalue weighted by atomic mass is 16.5. The quantitative estimate of drug-likeness (QED) is 0.890. The molecule has 4 heteroatoms. The fourth-order valence-electron chi connectivity index (χ4n) is 2.63. The van der Waals surface area contributed by atoms with Crippen molar-refractivity contribution in [1.82, 2.24) is 15.4 Å². The first-order valence-electron chi connectivity index (χ1n) is 6.99. The molecule has 0 amide bonds. The molecule has 0 spiro atoms. The second kappa shape index (κ2) is 5.85. The Morgan fingerprint density at radius 1 is 1.56 bits per heavy atom. The SMILES string of the molecule is CCC1CNC(C(C)C)CN1Cc1cc(C)on1. The summed E-state index contributed by atoms with van der Waals surface area (Å²) < 4.78 is 5.16. The van der Waals surface area contributed by atoms with Crippen molar-refractivity contribution < 1.29 is 4.52 Å². The Bertz CT molecular complexity index is 375. The van der Waals surface area contributed by atoms with Crippen molar-refractivity contribution in [2.45, 2.75) is 52.7 Å². The van der Waals surface area contributed by atoms with E-state index in [1.165, 1.54) is 6.42 Å². The summed E-state index contributed by atoms with van der Waals surface area (Å²) in [4.78, 5) is 2.54. The van der Waals surface area contributed by atoms with Crippen molar-refractivity contribution in [3.63, 3.8) is 0 Å². The van der Waals surface area contributed by atoms with Gasteiger partial charge in [-0.2, -0.15) is 0 Å². The van der Waals surface area contributed by atoms with Gasteiger partial charge in [-0.25, -0.2) is 0 Å². The third-order valence-electron chi connectivity index (χ3n) is 3.88. The highest BCUT2D eigenvalue weighted by molar-refractivity contribution is 5.04. The van der Waals surface area contributed by atoms with Crippen molar-refractivity contribution >= 4 is 0 Å². The minimum absolute atomic E-state index is 0.584. The Morgan fingerprint density at radius 2 is 2.33 bits per heavy atom. The molecular weight excluding hydrogens is 226 g/mol. The van der Waals surface area contributed by atoms with E-state index in [1.54, 1.807) is 0 Å². The number of piperazine rings is 1. The van der Waals surface area contributed by atoms with Gasteiger partial charge in [-0.3, -0.25) is 4.90 Å². The van der Waals surface area contributed by atoms with Crippen LogP contribution in [-0.2, 0) is 6.54 Å². The Kier molecular flexibility index (Phi) is 4.40. The molecule has 0 aliphatic carbocycles. The molecule has 0 saturated carbocycles. The first-order chi connectivity index (χ1) is 8.60. The summed E-state index contributed by atoms with van der Waals surface area (Å²) >= 11 is 0. The summed E-state index contributed by atoms with van der Waals surface area (Å²) in [7, 11) is 0. The number of nitrogens with zero attached hydrogens (tertiary/aromatic N) is 2. The van der Waals surface area contributed by atoms with Crippen LogP contribution >= 0.6 is 0 Å². The van der Waals surface area contributed by atoms with Gasteiger partial charge in [-0.15, -0.1) is 0 Å². The number of hydrogen-bond acceptors (Lipinski definition) is 4. The third kappa shape index (κ3) is 3.12. The fourth-order valence-corrected chi connectivity index (χ4v) is 2.63. The molecule has 1 aromatic heterocycles. The van der Waals surface area contributed by atoms with Gasteiger partial charge < -0.3 is 9.84 Å². The maximum atomic E-state index is 5.16. The zero-order valence-corrected chi connectivity index (χ0v) is 11.9. The molecule has 2 heterocycles. The summed E-state index contributed by atoms with van der Waals surface area (Å²) in [6, 6.07) is 3.23. The second-order valence-corrected chi connectivity index (χ2v) is 5.68. The van der Waals surface area contributed by atoms with Gasteiger partial charge in [0, 0.05) is 37.8 Å². The molecule has 1 aliphatic rings. The van der Waals surface area contributed by atoms with Crippen LogP contribution < -0.4 is 5.32 Å². The molecule has 1 aliphatic heterocycles. The van der Waals surface area contributed by atoms with Crippen molar-refractivity contribution in [2.75, 3.05) is 13.1 Å². The zero-order valence-electron chi connectivity index (χ0n) is 11.9. The first-order valence-corrected chi connectivity index (χ1v) is 6.99. The van der Waals surface area contributed by atoms with Gasteiger partial charge in [0.05, 0.1) is 5.69 Å². The molecule has 2 unspecified atom stereocenters. The minimum Gasteiger partial charge on any atom is -0.361 e. The summed E-state index contributed by atoms with van der Waals surface area (Å²) in [5.74, 6) is 1.57. The van der Waals surface area contributed by atoms with Gasteiger partial charge in [0.2, 0.25) is 0 Å². The summed E-state index contributed by atoms with van der Waals surface area (Å²) in [6.07, 6.45) is 1.18. The lowest BCUT2D eigenvalue weighted by Crippen LogP contribution is -2.57. The van der Waals surface area contributed by atoms with E-state index in [0.717, 1.165) is 31.1 Å². The van der Waals surface area contributed by atoms with Crippen LogP contribution in [0.3, 0.4) is 0 Å². The topological polar surface area (TPSA) is 41.3 Å². The lowest BCUT2D eigenvalue weighted by molar-refractivity contribution is 0.101. The Morgan fingerprint density at radius 3 is 2.89 bits per heavy atom. The average Bonchev–Trinajstić information content (AvgIpc) is 2.74. The summed E-state index contributed by atoms with van der Waals surface area (Å²) in [6.45, 7) is 11.8. The Labute approximate surface area is 110 Å². The molecule has 4 nitrogen and oxygen atoms in total. The molecule has 102 valence electrons.